The van der Waals surface area contributed by atoms with E-state index in [4.69, 9.17) is 4.42 Å². The number of furan rings is 1. The van der Waals surface area contributed by atoms with Crippen LogP contribution >= 0.6 is 0 Å². The Kier molecular flexibility index (Phi) is 4.36. The lowest BCUT2D eigenvalue weighted by Gasteiger charge is -2.02. The molecule has 0 spiro atoms. The standard InChI is InChI=1S/C11H11NO6/c1-3-17-11(14)9(7(2)13)6-8-4-5-10(18-8)12(15)16/h4-6H,3H2,1-2H3/b9-6+. The molecule has 0 atom stereocenters. The second-order valence-corrected chi connectivity index (χ2v) is 3.27. The summed E-state index contributed by atoms with van der Waals surface area (Å²) in [7, 11) is 0. The van der Waals surface area contributed by atoms with Gasteiger partial charge in [-0.2, -0.15) is 0 Å². The van der Waals surface area contributed by atoms with Crippen molar-refractivity contribution in [1.29, 1.82) is 0 Å². The number of esters is 1. The molecule has 0 N–H and O–H groups in total. The average molecular weight is 253 g/mol. The third-order valence-electron chi connectivity index (χ3n) is 1.95. The van der Waals surface area contributed by atoms with Gasteiger partial charge in [-0.1, -0.05) is 0 Å². The summed E-state index contributed by atoms with van der Waals surface area (Å²) in [5, 5.41) is 10.4. The van der Waals surface area contributed by atoms with E-state index in [1.807, 2.05) is 0 Å². The van der Waals surface area contributed by atoms with E-state index < -0.39 is 22.6 Å². The fraction of sp³-hybridized carbons (Fsp3) is 0.273. The quantitative estimate of drug-likeness (QED) is 0.198. The van der Waals surface area contributed by atoms with Crippen molar-refractivity contribution in [1.82, 2.24) is 0 Å². The van der Waals surface area contributed by atoms with Crippen molar-refractivity contribution >= 4 is 23.7 Å². The zero-order valence-corrected chi connectivity index (χ0v) is 9.84. The molecule has 0 aromatic carbocycles. The number of rotatable bonds is 5. The molecule has 1 aromatic heterocycles. The zero-order valence-electron chi connectivity index (χ0n) is 9.84. The summed E-state index contributed by atoms with van der Waals surface area (Å²) in [6, 6.07) is 2.43. The Labute approximate surface area is 102 Å². The Bertz CT molecular complexity index is 513. The first kappa shape index (κ1) is 13.6. The van der Waals surface area contributed by atoms with Crippen molar-refractivity contribution < 1.29 is 23.7 Å². The first-order valence-corrected chi connectivity index (χ1v) is 5.09. The van der Waals surface area contributed by atoms with Gasteiger partial charge in [0.05, 0.1) is 12.7 Å². The van der Waals surface area contributed by atoms with Crippen molar-refractivity contribution in [3.8, 4) is 0 Å². The molecule has 7 nitrogen and oxygen atoms in total. The Morgan fingerprint density at radius 3 is 2.61 bits per heavy atom. The molecule has 96 valence electrons. The van der Waals surface area contributed by atoms with E-state index in [2.05, 4.69) is 4.74 Å². The molecule has 0 saturated carbocycles. The van der Waals surface area contributed by atoms with Crippen LogP contribution in [-0.2, 0) is 14.3 Å². The van der Waals surface area contributed by atoms with Crippen molar-refractivity contribution in [2.75, 3.05) is 6.61 Å². The van der Waals surface area contributed by atoms with Crippen LogP contribution < -0.4 is 0 Å². The number of nitro groups is 1. The zero-order chi connectivity index (χ0) is 13.7. The van der Waals surface area contributed by atoms with Crippen molar-refractivity contribution in [3.05, 3.63) is 33.6 Å². The molecule has 0 aliphatic heterocycles. The Morgan fingerprint density at radius 2 is 2.17 bits per heavy atom. The summed E-state index contributed by atoms with van der Waals surface area (Å²) < 4.78 is 9.51. The van der Waals surface area contributed by atoms with Crippen LogP contribution in [0.4, 0.5) is 5.88 Å². The largest absolute Gasteiger partial charge is 0.462 e. The maximum atomic E-state index is 11.4. The summed E-state index contributed by atoms with van der Waals surface area (Å²) in [6.07, 6.45) is 1.12. The van der Waals surface area contributed by atoms with Crippen molar-refractivity contribution in [2.45, 2.75) is 13.8 Å². The number of carbonyl (C=O) groups excluding carboxylic acids is 2. The van der Waals surface area contributed by atoms with E-state index in [0.29, 0.717) is 0 Å². The van der Waals surface area contributed by atoms with E-state index >= 15 is 0 Å². The molecule has 0 aliphatic carbocycles. The molecule has 0 saturated heterocycles. The maximum absolute atomic E-state index is 11.4. The van der Waals surface area contributed by atoms with Crippen LogP contribution in [0.3, 0.4) is 0 Å². The van der Waals surface area contributed by atoms with Gasteiger partial charge in [0.15, 0.2) is 5.78 Å². The summed E-state index contributed by atoms with van der Waals surface area (Å²) >= 11 is 0. The van der Waals surface area contributed by atoms with Gasteiger partial charge >= 0.3 is 11.9 Å². The molecule has 0 unspecified atom stereocenters. The highest BCUT2D eigenvalue weighted by atomic mass is 16.6. The van der Waals surface area contributed by atoms with E-state index in [-0.39, 0.29) is 17.9 Å². The Hall–Kier alpha value is -2.44. The SMILES string of the molecule is CCOC(=O)/C(=C/c1ccc([N+](=O)[O-])o1)C(C)=O. The molecule has 0 aliphatic rings. The highest BCUT2D eigenvalue weighted by Crippen LogP contribution is 2.18. The lowest BCUT2D eigenvalue weighted by atomic mass is 10.1. The molecule has 7 heteroatoms. The van der Waals surface area contributed by atoms with E-state index in [1.165, 1.54) is 13.0 Å². The van der Waals surface area contributed by atoms with Gasteiger partial charge in [-0.15, -0.1) is 0 Å². The first-order chi connectivity index (χ1) is 8.45. The number of Topliss-reactive ketones (excluding diaryl/α,β-unsaturated/α-hetero) is 1. The number of ketones is 1. The molecule has 18 heavy (non-hydrogen) atoms. The highest BCUT2D eigenvalue weighted by molar-refractivity contribution is 6.19. The summed E-state index contributed by atoms with van der Waals surface area (Å²) in [4.78, 5) is 32.4. The minimum absolute atomic E-state index is 0.0416. The highest BCUT2D eigenvalue weighted by Gasteiger charge is 2.18. The minimum Gasteiger partial charge on any atom is -0.462 e. The number of hydrogen-bond acceptors (Lipinski definition) is 6. The number of carbonyl (C=O) groups is 2. The minimum atomic E-state index is -0.788. The molecule has 0 bridgehead atoms. The molecule has 0 fully saturated rings. The molecule has 1 aromatic rings. The number of hydrogen-bond donors (Lipinski definition) is 0. The van der Waals surface area contributed by atoms with E-state index in [9.17, 15) is 19.7 Å². The molecule has 1 heterocycles. The van der Waals surface area contributed by atoms with Crippen LogP contribution in [0.15, 0.2) is 22.1 Å². The predicted octanol–water partition coefficient (Wildman–Crippen LogP) is 1.72. The van der Waals surface area contributed by atoms with Crippen LogP contribution in [0.5, 0.6) is 0 Å². The average Bonchev–Trinajstić information content (AvgIpc) is 2.74. The Balaban J connectivity index is 3.04. The second-order valence-electron chi connectivity index (χ2n) is 3.27. The Morgan fingerprint density at radius 1 is 1.50 bits per heavy atom. The van der Waals surface area contributed by atoms with Crippen LogP contribution in [0.2, 0.25) is 0 Å². The monoisotopic (exact) mass is 253 g/mol. The summed E-state index contributed by atoms with van der Waals surface area (Å²) in [6.45, 7) is 2.93. The van der Waals surface area contributed by atoms with Crippen molar-refractivity contribution in [3.63, 3.8) is 0 Å². The lowest BCUT2D eigenvalue weighted by molar-refractivity contribution is -0.402. The molecule has 0 radical (unpaired) electrons. The molecule has 0 amide bonds. The molecular formula is C11H11NO6. The van der Waals surface area contributed by atoms with Gasteiger partial charge in [0.1, 0.15) is 16.3 Å². The van der Waals surface area contributed by atoms with Gasteiger partial charge in [-0.3, -0.25) is 14.9 Å². The second kappa shape index (κ2) is 5.76. The summed E-state index contributed by atoms with van der Waals surface area (Å²) in [5.74, 6) is -1.72. The van der Waals surface area contributed by atoms with Gasteiger partial charge < -0.3 is 9.15 Å². The third-order valence-corrected chi connectivity index (χ3v) is 1.95. The van der Waals surface area contributed by atoms with Gasteiger partial charge in [-0.05, 0) is 26.0 Å². The number of ether oxygens (including phenoxy) is 1. The van der Waals surface area contributed by atoms with Gasteiger partial charge in [0.25, 0.3) is 0 Å². The predicted molar refractivity (Wildman–Crippen MR) is 60.7 cm³/mol. The van der Waals surface area contributed by atoms with Crippen LogP contribution in [0.1, 0.15) is 19.6 Å². The molecular weight excluding hydrogens is 242 g/mol. The van der Waals surface area contributed by atoms with Crippen LogP contribution in [-0.4, -0.2) is 23.3 Å². The smallest absolute Gasteiger partial charge is 0.433 e. The first-order valence-electron chi connectivity index (χ1n) is 5.09. The fourth-order valence-electron chi connectivity index (χ4n) is 1.17. The van der Waals surface area contributed by atoms with Crippen LogP contribution in [0, 0.1) is 10.1 Å². The van der Waals surface area contributed by atoms with Gasteiger partial charge in [-0.25, -0.2) is 4.79 Å². The van der Waals surface area contributed by atoms with Crippen LogP contribution in [0.25, 0.3) is 6.08 Å². The lowest BCUT2D eigenvalue weighted by Crippen LogP contribution is -2.13. The molecule has 1 rings (SSSR count). The van der Waals surface area contributed by atoms with E-state index in [0.717, 1.165) is 12.1 Å². The van der Waals surface area contributed by atoms with Gasteiger partial charge in [0.2, 0.25) is 0 Å². The summed E-state index contributed by atoms with van der Waals surface area (Å²) in [5.41, 5.74) is -0.221. The van der Waals surface area contributed by atoms with Crippen molar-refractivity contribution in [2.24, 2.45) is 0 Å². The normalized spacial score (nSPS) is 11.1. The topological polar surface area (TPSA) is 99.7 Å². The number of nitrogens with zero attached hydrogens (tertiary/aromatic N) is 1. The maximum Gasteiger partial charge on any atom is 0.433 e. The van der Waals surface area contributed by atoms with E-state index in [1.54, 1.807) is 6.92 Å². The van der Waals surface area contributed by atoms with Gasteiger partial charge in [0, 0.05) is 0 Å². The third kappa shape index (κ3) is 3.27. The fourth-order valence-corrected chi connectivity index (χ4v) is 1.17.